The van der Waals surface area contributed by atoms with Crippen LogP contribution in [0.5, 0.6) is 5.75 Å². The van der Waals surface area contributed by atoms with Gasteiger partial charge in [0.1, 0.15) is 11.5 Å². The van der Waals surface area contributed by atoms with E-state index >= 15 is 0 Å². The zero-order chi connectivity index (χ0) is 23.2. The highest BCUT2D eigenvalue weighted by Gasteiger charge is 2.34. The first-order valence-corrected chi connectivity index (χ1v) is 10.6. The largest absolute Gasteiger partial charge is 0.496 e. The van der Waals surface area contributed by atoms with Crippen LogP contribution < -0.4 is 4.74 Å². The van der Waals surface area contributed by atoms with Crippen molar-refractivity contribution in [3.05, 3.63) is 98.8 Å². The topological polar surface area (TPSA) is 111 Å². The summed E-state index contributed by atoms with van der Waals surface area (Å²) in [5, 5.41) is 19.7. The molecule has 0 radical (unpaired) electrons. The van der Waals surface area contributed by atoms with E-state index < -0.39 is 4.92 Å². The van der Waals surface area contributed by atoms with Crippen molar-refractivity contribution in [3.63, 3.8) is 0 Å². The lowest BCUT2D eigenvalue weighted by atomic mass is 10.2. The van der Waals surface area contributed by atoms with Gasteiger partial charge in [0.15, 0.2) is 5.17 Å². The maximum absolute atomic E-state index is 13.1. The molecule has 9 nitrogen and oxygen atoms in total. The molecule has 1 amide bonds. The van der Waals surface area contributed by atoms with E-state index in [-0.39, 0.29) is 18.1 Å². The molecular formula is C23H18N4O5S. The first-order valence-electron chi connectivity index (χ1n) is 9.77. The van der Waals surface area contributed by atoms with E-state index in [2.05, 4.69) is 10.2 Å². The minimum absolute atomic E-state index is 0.0186. The summed E-state index contributed by atoms with van der Waals surface area (Å²) in [6, 6.07) is 16.8. The van der Waals surface area contributed by atoms with Crippen molar-refractivity contribution in [2.24, 2.45) is 10.2 Å². The van der Waals surface area contributed by atoms with E-state index in [1.165, 1.54) is 35.1 Å². The molecule has 3 aromatic rings. The number of para-hydroxylation sites is 1. The van der Waals surface area contributed by atoms with Crippen LogP contribution in [0.15, 0.2) is 86.5 Å². The number of amidine groups is 1. The number of benzene rings is 2. The second-order valence-corrected chi connectivity index (χ2v) is 7.81. The van der Waals surface area contributed by atoms with Crippen LogP contribution in [0.1, 0.15) is 16.9 Å². The lowest BCUT2D eigenvalue weighted by Crippen LogP contribution is -2.28. The standard InChI is InChI=1S/C23H18N4O5S/c1-31-20-7-3-2-5-17(20)14-24-25-23-26(15-19-6-4-12-32-19)22(28)21(33-23)13-16-8-10-18(11-9-16)27(29)30/h2-14H,15H2,1H3/b21-13-,24-14+,25-23-. The number of nitro groups is 1. The number of amides is 1. The summed E-state index contributed by atoms with van der Waals surface area (Å²) in [5.41, 5.74) is 1.39. The van der Waals surface area contributed by atoms with Crippen molar-refractivity contribution >= 4 is 40.8 Å². The van der Waals surface area contributed by atoms with Gasteiger partial charge in [0.25, 0.3) is 11.6 Å². The molecule has 0 atom stereocenters. The van der Waals surface area contributed by atoms with Gasteiger partial charge in [-0.15, -0.1) is 5.10 Å². The highest BCUT2D eigenvalue weighted by atomic mass is 32.2. The number of hydrogen-bond donors (Lipinski definition) is 0. The van der Waals surface area contributed by atoms with E-state index in [0.29, 0.717) is 27.1 Å². The van der Waals surface area contributed by atoms with Gasteiger partial charge in [-0.2, -0.15) is 5.10 Å². The number of hydrogen-bond acceptors (Lipinski definition) is 8. The van der Waals surface area contributed by atoms with Crippen LogP contribution in [0, 0.1) is 10.1 Å². The lowest BCUT2D eigenvalue weighted by molar-refractivity contribution is -0.384. The van der Waals surface area contributed by atoms with Gasteiger partial charge in [-0.25, -0.2) is 0 Å². The van der Waals surface area contributed by atoms with Gasteiger partial charge >= 0.3 is 0 Å². The number of nitro benzene ring substituents is 1. The van der Waals surface area contributed by atoms with Crippen molar-refractivity contribution in [2.45, 2.75) is 6.54 Å². The molecule has 1 aliphatic heterocycles. The Bertz CT molecular complexity index is 1250. The van der Waals surface area contributed by atoms with Gasteiger partial charge in [-0.05, 0) is 59.8 Å². The predicted octanol–water partition coefficient (Wildman–Crippen LogP) is 4.70. The molecule has 1 saturated heterocycles. The van der Waals surface area contributed by atoms with E-state index in [4.69, 9.17) is 9.15 Å². The molecule has 0 N–H and O–H groups in total. The Balaban J connectivity index is 1.62. The third-order valence-electron chi connectivity index (χ3n) is 4.66. The van der Waals surface area contributed by atoms with Crippen LogP contribution in [-0.4, -0.2) is 34.2 Å². The fourth-order valence-electron chi connectivity index (χ4n) is 3.04. The van der Waals surface area contributed by atoms with Crippen molar-refractivity contribution in [2.75, 3.05) is 7.11 Å². The van der Waals surface area contributed by atoms with Crippen molar-refractivity contribution in [3.8, 4) is 5.75 Å². The number of carbonyl (C=O) groups excluding carboxylic acids is 1. The van der Waals surface area contributed by atoms with Crippen LogP contribution in [0.25, 0.3) is 6.08 Å². The molecular weight excluding hydrogens is 444 g/mol. The summed E-state index contributed by atoms with van der Waals surface area (Å²) in [5.74, 6) is 0.991. The summed E-state index contributed by atoms with van der Waals surface area (Å²) in [6.07, 6.45) is 4.76. The number of ether oxygens (including phenoxy) is 1. The number of rotatable bonds is 7. The van der Waals surface area contributed by atoms with Crippen LogP contribution in [-0.2, 0) is 11.3 Å². The quantitative estimate of drug-likeness (QED) is 0.218. The molecule has 2 aromatic carbocycles. The maximum Gasteiger partial charge on any atom is 0.269 e. The molecule has 1 aromatic heterocycles. The molecule has 0 aliphatic carbocycles. The van der Waals surface area contributed by atoms with Crippen molar-refractivity contribution < 1.29 is 18.9 Å². The Hall–Kier alpha value is -4.18. The molecule has 33 heavy (non-hydrogen) atoms. The van der Waals surface area contributed by atoms with Gasteiger partial charge in [-0.3, -0.25) is 19.8 Å². The molecule has 0 bridgehead atoms. The zero-order valence-corrected chi connectivity index (χ0v) is 18.3. The molecule has 2 heterocycles. The summed E-state index contributed by atoms with van der Waals surface area (Å²) >= 11 is 1.17. The van der Waals surface area contributed by atoms with Gasteiger partial charge in [0, 0.05) is 17.7 Å². The average Bonchev–Trinajstić information content (AvgIpc) is 3.44. The van der Waals surface area contributed by atoms with Gasteiger partial charge < -0.3 is 9.15 Å². The summed E-state index contributed by atoms with van der Waals surface area (Å²) in [7, 11) is 1.57. The Morgan fingerprint density at radius 1 is 1.15 bits per heavy atom. The first kappa shape index (κ1) is 22.0. The van der Waals surface area contributed by atoms with Gasteiger partial charge in [-0.1, -0.05) is 12.1 Å². The fourth-order valence-corrected chi connectivity index (χ4v) is 3.97. The number of carbonyl (C=O) groups is 1. The number of nitrogens with zero attached hydrogens (tertiary/aromatic N) is 4. The normalized spacial score (nSPS) is 16.3. The molecule has 1 aliphatic rings. The number of thioether (sulfide) groups is 1. The maximum atomic E-state index is 13.1. The highest BCUT2D eigenvalue weighted by Crippen LogP contribution is 2.34. The van der Waals surface area contributed by atoms with Crippen LogP contribution in [0.4, 0.5) is 5.69 Å². The molecule has 0 spiro atoms. The monoisotopic (exact) mass is 462 g/mol. The van der Waals surface area contributed by atoms with Crippen molar-refractivity contribution in [1.82, 2.24) is 4.90 Å². The minimum atomic E-state index is -0.470. The second kappa shape index (κ2) is 9.96. The van der Waals surface area contributed by atoms with Crippen LogP contribution in [0.2, 0.25) is 0 Å². The molecule has 4 rings (SSSR count). The molecule has 10 heteroatoms. The summed E-state index contributed by atoms with van der Waals surface area (Å²) < 4.78 is 10.7. The molecule has 0 saturated carbocycles. The molecule has 166 valence electrons. The summed E-state index contributed by atoms with van der Waals surface area (Å²) in [4.78, 5) is 25.4. The fraction of sp³-hybridized carbons (Fsp3) is 0.0870. The Morgan fingerprint density at radius 3 is 2.64 bits per heavy atom. The Kier molecular flexibility index (Phi) is 6.65. The van der Waals surface area contributed by atoms with E-state index in [9.17, 15) is 14.9 Å². The SMILES string of the molecule is COc1ccccc1/C=N/N=C1\S/C(=C\c2ccc([N+](=O)[O-])cc2)C(=O)N1Cc1ccco1. The number of furan rings is 1. The van der Waals surface area contributed by atoms with Crippen molar-refractivity contribution in [1.29, 1.82) is 0 Å². The molecule has 1 fully saturated rings. The average molecular weight is 462 g/mol. The summed E-state index contributed by atoms with van der Waals surface area (Å²) in [6.45, 7) is 0.194. The third-order valence-corrected chi connectivity index (χ3v) is 5.66. The Labute approximate surface area is 193 Å². The molecule has 0 unspecified atom stereocenters. The smallest absolute Gasteiger partial charge is 0.269 e. The first-order chi connectivity index (χ1) is 16.0. The number of non-ortho nitro benzene ring substituents is 1. The van der Waals surface area contributed by atoms with E-state index in [1.54, 1.807) is 43.7 Å². The van der Waals surface area contributed by atoms with Crippen LogP contribution >= 0.6 is 11.8 Å². The zero-order valence-electron chi connectivity index (χ0n) is 17.5. The predicted molar refractivity (Wildman–Crippen MR) is 126 cm³/mol. The van der Waals surface area contributed by atoms with Gasteiger partial charge in [0.2, 0.25) is 0 Å². The Morgan fingerprint density at radius 2 is 1.94 bits per heavy atom. The third kappa shape index (κ3) is 5.18. The van der Waals surface area contributed by atoms with Gasteiger partial charge in [0.05, 0.1) is 36.0 Å². The number of methoxy groups -OCH3 is 1. The highest BCUT2D eigenvalue weighted by molar-refractivity contribution is 8.18. The van der Waals surface area contributed by atoms with Crippen LogP contribution in [0.3, 0.4) is 0 Å². The van der Waals surface area contributed by atoms with E-state index in [0.717, 1.165) is 5.56 Å². The minimum Gasteiger partial charge on any atom is -0.496 e. The second-order valence-electron chi connectivity index (χ2n) is 6.80. The lowest BCUT2D eigenvalue weighted by Gasteiger charge is -2.12. The van der Waals surface area contributed by atoms with E-state index in [1.807, 2.05) is 24.3 Å².